The molecule has 0 saturated carbocycles. The maximum Gasteiger partial charge on any atom is 0.129 e. The van der Waals surface area contributed by atoms with E-state index in [9.17, 15) is 4.39 Å². The van der Waals surface area contributed by atoms with Crippen LogP contribution in [0.5, 0.6) is 0 Å². The number of anilines is 3. The first-order valence-corrected chi connectivity index (χ1v) is 11.9. The van der Waals surface area contributed by atoms with Gasteiger partial charge in [-0.2, -0.15) is 0 Å². The molecule has 1 fully saturated rings. The second kappa shape index (κ2) is 8.71. The van der Waals surface area contributed by atoms with Gasteiger partial charge in [0.25, 0.3) is 0 Å². The molecule has 0 aliphatic carbocycles. The third-order valence-electron chi connectivity index (χ3n) is 7.30. The maximum absolute atomic E-state index is 14.6. The molecule has 1 saturated heterocycles. The van der Waals surface area contributed by atoms with Gasteiger partial charge >= 0.3 is 0 Å². The van der Waals surface area contributed by atoms with Crippen LogP contribution in [0.1, 0.15) is 36.0 Å². The van der Waals surface area contributed by atoms with Gasteiger partial charge in [-0.25, -0.2) is 4.39 Å². The van der Waals surface area contributed by atoms with Crippen LogP contribution in [0.2, 0.25) is 0 Å². The number of nitrogens with zero attached hydrogens (tertiary/aromatic N) is 2. The topological polar surface area (TPSA) is 30.5 Å². The zero-order chi connectivity index (χ0) is 23.1. The molecule has 0 radical (unpaired) electrons. The van der Waals surface area contributed by atoms with Crippen molar-refractivity contribution in [3.05, 3.63) is 89.7 Å². The van der Waals surface area contributed by atoms with Crippen LogP contribution in [0.15, 0.2) is 67.2 Å². The number of benzene rings is 2. The summed E-state index contributed by atoms with van der Waals surface area (Å²) in [6.45, 7) is 14.9. The van der Waals surface area contributed by atoms with E-state index in [-0.39, 0.29) is 5.82 Å². The standard InChI is InChI=1S/C28H33FN4/c1-18-5-6-22-7-9-24(15-27(22)31-18)33-17-21(13-20(33)3)11-12-30-16-25-26(29)10-8-23-14-19(2)32(4)28(23)25/h7-10,15,21,30-31H,1-3,5-6,11-14,16-17H2,4H3. The van der Waals surface area contributed by atoms with Crippen LogP contribution in [0.25, 0.3) is 0 Å². The van der Waals surface area contributed by atoms with Gasteiger partial charge in [-0.3, -0.25) is 0 Å². The highest BCUT2D eigenvalue weighted by atomic mass is 19.1. The molecule has 1 unspecified atom stereocenters. The van der Waals surface area contributed by atoms with Crippen LogP contribution in [0.3, 0.4) is 0 Å². The van der Waals surface area contributed by atoms with E-state index in [0.717, 1.165) is 73.4 Å². The molecule has 3 aliphatic heterocycles. The second-order valence-electron chi connectivity index (χ2n) is 9.62. The number of rotatable bonds is 6. The molecule has 2 N–H and O–H groups in total. The molecule has 4 nitrogen and oxygen atoms in total. The molecular formula is C28H33FN4. The largest absolute Gasteiger partial charge is 0.359 e. The van der Waals surface area contributed by atoms with Gasteiger partial charge in [0, 0.05) is 60.6 Å². The summed E-state index contributed by atoms with van der Waals surface area (Å²) < 4.78 is 14.6. The molecular weight excluding hydrogens is 411 g/mol. The number of hydrogen-bond donors (Lipinski definition) is 2. The Balaban J connectivity index is 1.18. The summed E-state index contributed by atoms with van der Waals surface area (Å²) in [6, 6.07) is 10.1. The molecule has 0 aromatic heterocycles. The Morgan fingerprint density at radius 1 is 1.09 bits per heavy atom. The monoisotopic (exact) mass is 444 g/mol. The Morgan fingerprint density at radius 3 is 2.76 bits per heavy atom. The summed E-state index contributed by atoms with van der Waals surface area (Å²) in [7, 11) is 1.97. The molecule has 0 bridgehead atoms. The van der Waals surface area contributed by atoms with Gasteiger partial charge < -0.3 is 20.4 Å². The summed E-state index contributed by atoms with van der Waals surface area (Å²) >= 11 is 0. The number of nitrogens with one attached hydrogen (secondary N) is 2. The average Bonchev–Trinajstić information content (AvgIpc) is 3.31. The molecule has 3 aliphatic rings. The highest BCUT2D eigenvalue weighted by Gasteiger charge is 2.27. The van der Waals surface area contributed by atoms with E-state index in [1.807, 2.05) is 18.0 Å². The summed E-state index contributed by atoms with van der Waals surface area (Å²) in [5.74, 6) is 0.393. The zero-order valence-electron chi connectivity index (χ0n) is 19.5. The minimum absolute atomic E-state index is 0.146. The van der Waals surface area contributed by atoms with E-state index in [0.29, 0.717) is 12.5 Å². The van der Waals surface area contributed by atoms with Gasteiger partial charge in [-0.1, -0.05) is 31.9 Å². The van der Waals surface area contributed by atoms with Crippen molar-refractivity contribution in [2.75, 3.05) is 35.3 Å². The van der Waals surface area contributed by atoms with E-state index < -0.39 is 0 Å². The summed E-state index contributed by atoms with van der Waals surface area (Å²) in [6.07, 6.45) is 4.88. The lowest BCUT2D eigenvalue weighted by atomic mass is 10.0. The van der Waals surface area contributed by atoms with E-state index in [2.05, 4.69) is 53.5 Å². The molecule has 1 atom stereocenters. The van der Waals surface area contributed by atoms with Crippen LogP contribution in [-0.2, 0) is 19.4 Å². The first-order valence-electron chi connectivity index (χ1n) is 11.9. The second-order valence-corrected chi connectivity index (χ2v) is 9.62. The molecule has 2 aromatic carbocycles. The molecule has 3 heterocycles. The first kappa shape index (κ1) is 21.8. The van der Waals surface area contributed by atoms with Gasteiger partial charge in [0.2, 0.25) is 0 Å². The quantitative estimate of drug-likeness (QED) is 0.558. The number of halogens is 1. The molecule has 5 heteroatoms. The van der Waals surface area contributed by atoms with Crippen molar-refractivity contribution >= 4 is 17.1 Å². The third-order valence-corrected chi connectivity index (χ3v) is 7.30. The highest BCUT2D eigenvalue weighted by molar-refractivity contribution is 5.69. The minimum Gasteiger partial charge on any atom is -0.359 e. The Bertz CT molecular complexity index is 1130. The average molecular weight is 445 g/mol. The summed E-state index contributed by atoms with van der Waals surface area (Å²) in [4.78, 5) is 4.37. The van der Waals surface area contributed by atoms with Gasteiger partial charge in [-0.15, -0.1) is 0 Å². The van der Waals surface area contributed by atoms with Crippen LogP contribution >= 0.6 is 0 Å². The Labute approximate surface area is 196 Å². The predicted octanol–water partition coefficient (Wildman–Crippen LogP) is 5.72. The molecule has 33 heavy (non-hydrogen) atoms. The van der Waals surface area contributed by atoms with Gasteiger partial charge in [0.05, 0.1) is 5.69 Å². The molecule has 0 spiro atoms. The Kier molecular flexibility index (Phi) is 5.75. The molecule has 2 aromatic rings. The normalized spacial score (nSPS) is 19.7. The fourth-order valence-corrected chi connectivity index (χ4v) is 5.39. The Hall–Kier alpha value is -3.05. The van der Waals surface area contributed by atoms with Crippen LogP contribution in [0, 0.1) is 11.7 Å². The fourth-order valence-electron chi connectivity index (χ4n) is 5.39. The van der Waals surface area contributed by atoms with Gasteiger partial charge in [-0.05, 0) is 67.5 Å². The van der Waals surface area contributed by atoms with Crippen LogP contribution in [0.4, 0.5) is 21.5 Å². The minimum atomic E-state index is -0.146. The zero-order valence-corrected chi connectivity index (χ0v) is 19.5. The van der Waals surface area contributed by atoms with Crippen molar-refractivity contribution in [1.29, 1.82) is 0 Å². The summed E-state index contributed by atoms with van der Waals surface area (Å²) in [5, 5.41) is 6.92. The smallest absolute Gasteiger partial charge is 0.129 e. The lowest BCUT2D eigenvalue weighted by Crippen LogP contribution is -2.23. The molecule has 5 rings (SSSR count). The lowest BCUT2D eigenvalue weighted by Gasteiger charge is -2.25. The number of allylic oxidation sites excluding steroid dienone is 3. The van der Waals surface area contributed by atoms with Gasteiger partial charge in [0.1, 0.15) is 5.82 Å². The van der Waals surface area contributed by atoms with E-state index in [4.69, 9.17) is 0 Å². The van der Waals surface area contributed by atoms with Crippen LogP contribution < -0.4 is 20.4 Å². The molecule has 0 amide bonds. The highest BCUT2D eigenvalue weighted by Crippen LogP contribution is 2.38. The SMILES string of the molecule is C=C1CCc2ccc(N3CC(CCNCc4c(F)ccc5c4N(C)C(=C)C5)CC3=C)cc2N1. The van der Waals surface area contributed by atoms with Crippen molar-refractivity contribution in [1.82, 2.24) is 5.32 Å². The number of aryl methyl sites for hydroxylation is 1. The molecule has 172 valence electrons. The fraction of sp³-hybridized carbons (Fsp3) is 0.357. The van der Waals surface area contributed by atoms with E-state index in [1.54, 1.807) is 6.07 Å². The number of hydrogen-bond acceptors (Lipinski definition) is 4. The van der Waals surface area contributed by atoms with E-state index in [1.165, 1.54) is 22.6 Å². The van der Waals surface area contributed by atoms with Gasteiger partial charge in [0.15, 0.2) is 0 Å². The van der Waals surface area contributed by atoms with Crippen molar-refractivity contribution in [3.63, 3.8) is 0 Å². The van der Waals surface area contributed by atoms with Crippen molar-refractivity contribution in [2.45, 2.75) is 38.6 Å². The van der Waals surface area contributed by atoms with Crippen molar-refractivity contribution < 1.29 is 4.39 Å². The van der Waals surface area contributed by atoms with E-state index >= 15 is 0 Å². The lowest BCUT2D eigenvalue weighted by molar-refractivity contribution is 0.502. The number of fused-ring (bicyclic) bond motifs is 2. The predicted molar refractivity (Wildman–Crippen MR) is 136 cm³/mol. The number of likely N-dealkylation sites (N-methyl/N-ethyl adjacent to an activating group) is 1. The Morgan fingerprint density at radius 2 is 1.91 bits per heavy atom. The maximum atomic E-state index is 14.6. The first-order chi connectivity index (χ1) is 15.9. The third kappa shape index (κ3) is 4.18. The van der Waals surface area contributed by atoms with Crippen LogP contribution in [-0.4, -0.2) is 20.1 Å². The summed E-state index contributed by atoms with van der Waals surface area (Å²) in [5.41, 5.74) is 9.88. The van der Waals surface area contributed by atoms with Crippen molar-refractivity contribution in [3.8, 4) is 0 Å². The van der Waals surface area contributed by atoms with Crippen molar-refractivity contribution in [2.24, 2.45) is 5.92 Å².